The van der Waals surface area contributed by atoms with Crippen LogP contribution in [0.15, 0.2) is 60.8 Å². The maximum Gasteiger partial charge on any atom is 0.270 e. The molecule has 6 heteroatoms. The molecule has 0 fully saturated rings. The average molecular weight is 309 g/mol. The molecule has 1 heterocycles. The summed E-state index contributed by atoms with van der Waals surface area (Å²) in [4.78, 5) is 10.6. The maximum atomic E-state index is 11.0. The molecule has 0 N–H and O–H groups in total. The molecular formula is C17H15N3O3. The minimum absolute atomic E-state index is 0.0215. The van der Waals surface area contributed by atoms with Crippen molar-refractivity contribution in [3.05, 3.63) is 76.5 Å². The zero-order valence-corrected chi connectivity index (χ0v) is 12.5. The lowest BCUT2D eigenvalue weighted by atomic mass is 10.1. The fraction of sp³-hybridized carbons (Fsp3) is 0.118. The van der Waals surface area contributed by atoms with Gasteiger partial charge in [0.1, 0.15) is 12.4 Å². The van der Waals surface area contributed by atoms with Crippen molar-refractivity contribution in [3.63, 3.8) is 0 Å². The normalized spacial score (nSPS) is 10.5. The number of aryl methyl sites for hydroxylation is 1. The predicted molar refractivity (Wildman–Crippen MR) is 86.1 cm³/mol. The summed E-state index contributed by atoms with van der Waals surface area (Å²) < 4.78 is 7.53. The third kappa shape index (κ3) is 3.21. The van der Waals surface area contributed by atoms with Crippen molar-refractivity contribution in [2.45, 2.75) is 6.61 Å². The maximum absolute atomic E-state index is 11.0. The molecule has 0 aliphatic rings. The average Bonchev–Trinajstić information content (AvgIpc) is 2.99. The highest BCUT2D eigenvalue weighted by molar-refractivity contribution is 5.70. The minimum atomic E-state index is -0.416. The van der Waals surface area contributed by atoms with E-state index in [4.69, 9.17) is 4.74 Å². The Kier molecular flexibility index (Phi) is 4.05. The lowest BCUT2D eigenvalue weighted by Gasteiger charge is -2.12. The van der Waals surface area contributed by atoms with E-state index in [0.717, 1.165) is 11.3 Å². The standard InChI is InChI=1S/C17H15N3O3/c1-19-16(9-10-18-19)15-11-14(20(21)22)7-8-17(15)23-12-13-5-3-2-4-6-13/h2-11H,12H2,1H3. The summed E-state index contributed by atoms with van der Waals surface area (Å²) >= 11 is 0. The molecule has 0 aliphatic heterocycles. The van der Waals surface area contributed by atoms with Gasteiger partial charge in [0, 0.05) is 30.9 Å². The Labute approximate surface area is 133 Å². The van der Waals surface area contributed by atoms with Gasteiger partial charge in [-0.3, -0.25) is 14.8 Å². The van der Waals surface area contributed by atoms with Gasteiger partial charge >= 0.3 is 0 Å². The Balaban J connectivity index is 1.96. The Bertz CT molecular complexity index is 828. The molecule has 23 heavy (non-hydrogen) atoms. The van der Waals surface area contributed by atoms with E-state index in [-0.39, 0.29) is 5.69 Å². The number of nitro groups is 1. The zero-order chi connectivity index (χ0) is 16.2. The van der Waals surface area contributed by atoms with Gasteiger partial charge in [0.25, 0.3) is 5.69 Å². The first-order chi connectivity index (χ1) is 11.1. The van der Waals surface area contributed by atoms with E-state index in [1.807, 2.05) is 30.3 Å². The molecule has 6 nitrogen and oxygen atoms in total. The van der Waals surface area contributed by atoms with Crippen LogP contribution in [0.1, 0.15) is 5.56 Å². The molecule has 0 saturated heterocycles. The van der Waals surface area contributed by atoms with Crippen LogP contribution >= 0.6 is 0 Å². The van der Waals surface area contributed by atoms with Gasteiger partial charge in [-0.2, -0.15) is 5.10 Å². The number of benzene rings is 2. The molecule has 3 aromatic rings. The highest BCUT2D eigenvalue weighted by Crippen LogP contribution is 2.33. The van der Waals surface area contributed by atoms with Gasteiger partial charge in [-0.15, -0.1) is 0 Å². The second kappa shape index (κ2) is 6.31. The lowest BCUT2D eigenvalue weighted by molar-refractivity contribution is -0.384. The molecule has 0 unspecified atom stereocenters. The molecule has 0 atom stereocenters. The SMILES string of the molecule is Cn1nccc1-c1cc([N+](=O)[O-])ccc1OCc1ccccc1. The molecular weight excluding hydrogens is 294 g/mol. The number of non-ortho nitro benzene ring substituents is 1. The van der Waals surface area contributed by atoms with Crippen LogP contribution in [0.25, 0.3) is 11.3 Å². The molecule has 3 rings (SSSR count). The highest BCUT2D eigenvalue weighted by atomic mass is 16.6. The van der Waals surface area contributed by atoms with Crippen molar-refractivity contribution in [2.24, 2.45) is 7.05 Å². The van der Waals surface area contributed by atoms with Crippen molar-refractivity contribution in [1.82, 2.24) is 9.78 Å². The monoisotopic (exact) mass is 309 g/mol. The number of rotatable bonds is 5. The Morgan fingerprint density at radius 1 is 1.17 bits per heavy atom. The second-order valence-corrected chi connectivity index (χ2v) is 5.05. The Morgan fingerprint density at radius 3 is 2.61 bits per heavy atom. The molecule has 0 aliphatic carbocycles. The summed E-state index contributed by atoms with van der Waals surface area (Å²) in [6.07, 6.45) is 1.65. The molecule has 0 saturated carbocycles. The second-order valence-electron chi connectivity index (χ2n) is 5.05. The van der Waals surface area contributed by atoms with E-state index in [2.05, 4.69) is 5.10 Å². The molecule has 116 valence electrons. The van der Waals surface area contributed by atoms with Crippen LogP contribution in [0, 0.1) is 10.1 Å². The van der Waals surface area contributed by atoms with Gasteiger partial charge in [-0.05, 0) is 17.7 Å². The van der Waals surface area contributed by atoms with Gasteiger partial charge in [-0.1, -0.05) is 30.3 Å². The van der Waals surface area contributed by atoms with Crippen LogP contribution in [-0.2, 0) is 13.7 Å². The van der Waals surface area contributed by atoms with E-state index < -0.39 is 4.92 Å². The van der Waals surface area contributed by atoms with Crippen LogP contribution in [0.5, 0.6) is 5.75 Å². The summed E-state index contributed by atoms with van der Waals surface area (Å²) in [5.41, 5.74) is 2.46. The molecule has 2 aromatic carbocycles. The van der Waals surface area contributed by atoms with E-state index in [0.29, 0.717) is 17.9 Å². The number of ether oxygens (including phenoxy) is 1. The van der Waals surface area contributed by atoms with Gasteiger partial charge in [0.2, 0.25) is 0 Å². The first-order valence-corrected chi connectivity index (χ1v) is 7.08. The molecule has 0 radical (unpaired) electrons. The van der Waals surface area contributed by atoms with Crippen LogP contribution in [0.3, 0.4) is 0 Å². The topological polar surface area (TPSA) is 70.2 Å². The smallest absolute Gasteiger partial charge is 0.270 e. The highest BCUT2D eigenvalue weighted by Gasteiger charge is 2.15. The summed E-state index contributed by atoms with van der Waals surface area (Å²) in [5, 5.41) is 15.2. The van der Waals surface area contributed by atoms with Crippen LogP contribution in [0.2, 0.25) is 0 Å². The molecule has 0 spiro atoms. The van der Waals surface area contributed by atoms with Crippen molar-refractivity contribution in [2.75, 3.05) is 0 Å². The summed E-state index contributed by atoms with van der Waals surface area (Å²) in [6.45, 7) is 0.392. The summed E-state index contributed by atoms with van der Waals surface area (Å²) in [5.74, 6) is 0.586. The third-order valence-corrected chi connectivity index (χ3v) is 3.51. The van der Waals surface area contributed by atoms with Crippen LogP contribution in [-0.4, -0.2) is 14.7 Å². The van der Waals surface area contributed by atoms with Crippen LogP contribution in [0.4, 0.5) is 5.69 Å². The van der Waals surface area contributed by atoms with Crippen molar-refractivity contribution in [1.29, 1.82) is 0 Å². The number of hydrogen-bond acceptors (Lipinski definition) is 4. The van der Waals surface area contributed by atoms with Gasteiger partial charge in [0.05, 0.1) is 10.6 Å². The first-order valence-electron chi connectivity index (χ1n) is 7.08. The van der Waals surface area contributed by atoms with Gasteiger partial charge in [-0.25, -0.2) is 0 Å². The number of nitro benzene ring substituents is 1. The van der Waals surface area contributed by atoms with E-state index >= 15 is 0 Å². The summed E-state index contributed by atoms with van der Waals surface area (Å²) in [6, 6.07) is 16.1. The number of hydrogen-bond donors (Lipinski definition) is 0. The fourth-order valence-electron chi connectivity index (χ4n) is 2.33. The largest absolute Gasteiger partial charge is 0.488 e. The third-order valence-electron chi connectivity index (χ3n) is 3.51. The molecule has 0 bridgehead atoms. The molecule has 1 aromatic heterocycles. The Hall–Kier alpha value is -3.15. The number of aromatic nitrogens is 2. The van der Waals surface area contributed by atoms with E-state index in [1.54, 1.807) is 30.1 Å². The van der Waals surface area contributed by atoms with Gasteiger partial charge in [0.15, 0.2) is 0 Å². The predicted octanol–water partition coefficient (Wildman–Crippen LogP) is 3.57. The van der Waals surface area contributed by atoms with Crippen molar-refractivity contribution < 1.29 is 9.66 Å². The van der Waals surface area contributed by atoms with E-state index in [1.165, 1.54) is 12.1 Å². The number of nitrogens with zero attached hydrogens (tertiary/aromatic N) is 3. The summed E-state index contributed by atoms with van der Waals surface area (Å²) in [7, 11) is 1.79. The quantitative estimate of drug-likeness (QED) is 0.533. The van der Waals surface area contributed by atoms with Crippen LogP contribution < -0.4 is 4.74 Å². The fourth-order valence-corrected chi connectivity index (χ4v) is 2.33. The van der Waals surface area contributed by atoms with Crippen molar-refractivity contribution in [3.8, 4) is 17.0 Å². The van der Waals surface area contributed by atoms with Gasteiger partial charge < -0.3 is 4.74 Å². The van der Waals surface area contributed by atoms with E-state index in [9.17, 15) is 10.1 Å². The zero-order valence-electron chi connectivity index (χ0n) is 12.5. The first kappa shape index (κ1) is 14.8. The van der Waals surface area contributed by atoms with Crippen molar-refractivity contribution >= 4 is 5.69 Å². The Morgan fingerprint density at radius 2 is 1.96 bits per heavy atom. The molecule has 0 amide bonds. The minimum Gasteiger partial charge on any atom is -0.488 e. The lowest BCUT2D eigenvalue weighted by Crippen LogP contribution is -2.00.